The van der Waals surface area contributed by atoms with Gasteiger partial charge in [-0.3, -0.25) is 9.59 Å². The predicted molar refractivity (Wildman–Crippen MR) is 152 cm³/mol. The summed E-state index contributed by atoms with van der Waals surface area (Å²) in [7, 11) is 1.14. The molecule has 1 aliphatic rings. The molecule has 2 amide bonds. The number of nitrogens with one attached hydrogen (secondary N) is 1. The highest BCUT2D eigenvalue weighted by Crippen LogP contribution is 2.48. The Morgan fingerprint density at radius 1 is 1.17 bits per heavy atom. The predicted octanol–water partition coefficient (Wildman–Crippen LogP) is 5.49. The van der Waals surface area contributed by atoms with E-state index in [1.807, 2.05) is 5.32 Å². The van der Waals surface area contributed by atoms with E-state index in [0.29, 0.717) is 12.1 Å². The average molecular weight is 708 g/mol. The van der Waals surface area contributed by atoms with Crippen LogP contribution in [0.4, 0.5) is 35.1 Å². The summed E-state index contributed by atoms with van der Waals surface area (Å²) in [4.78, 5) is 29.4. The first-order valence-corrected chi connectivity index (χ1v) is 13.9. The van der Waals surface area contributed by atoms with Crippen LogP contribution in [-0.4, -0.2) is 58.1 Å². The van der Waals surface area contributed by atoms with Gasteiger partial charge in [0.1, 0.15) is 34.7 Å². The van der Waals surface area contributed by atoms with E-state index in [1.54, 1.807) is 0 Å². The standard InChI is InChI=1S/C29H22ClF8N5O5/c1-26(24(39)45)11-48-22-16(26)8-19(41-21(22)12-3-4-15(17(30)6-12)28(33,34)35)27(46,29(36,37)38)10-40-23(44)13-5-14-9-43(25(31)32)42-20(14)18(7-13)47-2/h3-9,25,46H,10-11H2,1-2H3,(H2,39,45)(H,40,44)/t26-,27?/m0/s1. The fourth-order valence-corrected chi connectivity index (χ4v) is 5.33. The maximum Gasteiger partial charge on any atom is 0.424 e. The number of rotatable bonds is 8. The summed E-state index contributed by atoms with van der Waals surface area (Å²) in [5, 5.41) is 16.0. The number of alkyl halides is 8. The van der Waals surface area contributed by atoms with Crippen molar-refractivity contribution in [3.63, 3.8) is 0 Å². The van der Waals surface area contributed by atoms with E-state index in [1.165, 1.54) is 6.92 Å². The van der Waals surface area contributed by atoms with Crippen LogP contribution in [0.2, 0.25) is 5.02 Å². The van der Waals surface area contributed by atoms with Crippen molar-refractivity contribution in [3.05, 3.63) is 70.0 Å². The van der Waals surface area contributed by atoms with E-state index in [0.717, 1.165) is 37.6 Å². The highest BCUT2D eigenvalue weighted by Gasteiger charge is 2.58. The number of hydrogen-bond donors (Lipinski definition) is 3. The molecular formula is C29H22ClF8N5O5. The first kappa shape index (κ1) is 34.6. The number of halogens is 9. The van der Waals surface area contributed by atoms with Crippen LogP contribution in [0.3, 0.4) is 0 Å². The number of carbonyl (C=O) groups is 2. The lowest BCUT2D eigenvalue weighted by Crippen LogP contribution is -2.51. The van der Waals surface area contributed by atoms with Gasteiger partial charge in [-0.2, -0.15) is 40.2 Å². The SMILES string of the molecule is COc1cc(C(=O)NCC(O)(c2cc3c(c(-c4ccc(C(F)(F)F)c(Cl)c4)n2)OC[C@]3(C)C(N)=O)C(F)(F)F)cc2cn(C(F)F)nc12. The number of pyridine rings is 1. The molecule has 0 fully saturated rings. The van der Waals surface area contributed by atoms with Crippen LogP contribution in [0.25, 0.3) is 22.2 Å². The minimum Gasteiger partial charge on any atom is -0.494 e. The number of ether oxygens (including phenoxy) is 2. The lowest BCUT2D eigenvalue weighted by atomic mass is 9.81. The topological polar surface area (TPSA) is 142 Å². The Balaban J connectivity index is 1.60. The molecule has 4 N–H and O–H groups in total. The zero-order chi connectivity index (χ0) is 35.6. The van der Waals surface area contributed by atoms with E-state index in [4.69, 9.17) is 26.8 Å². The van der Waals surface area contributed by atoms with Crippen LogP contribution in [0.15, 0.2) is 42.6 Å². The highest BCUT2D eigenvalue weighted by atomic mass is 35.5. The van der Waals surface area contributed by atoms with Crippen molar-refractivity contribution in [2.45, 2.75) is 36.8 Å². The summed E-state index contributed by atoms with van der Waals surface area (Å²) in [6.45, 7) is -3.88. The largest absolute Gasteiger partial charge is 0.494 e. The third-order valence-corrected chi connectivity index (χ3v) is 8.15. The zero-order valence-corrected chi connectivity index (χ0v) is 25.2. The molecule has 48 heavy (non-hydrogen) atoms. The molecule has 2 atom stereocenters. The maximum atomic E-state index is 14.7. The number of aromatic nitrogens is 3. The monoisotopic (exact) mass is 707 g/mol. The normalized spacial score (nSPS) is 17.6. The van der Waals surface area contributed by atoms with Crippen LogP contribution in [0, 0.1) is 0 Å². The second kappa shape index (κ2) is 11.8. The Kier molecular flexibility index (Phi) is 8.48. The van der Waals surface area contributed by atoms with Crippen LogP contribution in [-0.2, 0) is 22.0 Å². The molecule has 1 aliphatic heterocycles. The van der Waals surface area contributed by atoms with Crippen LogP contribution in [0.5, 0.6) is 11.5 Å². The molecule has 0 saturated carbocycles. The van der Waals surface area contributed by atoms with E-state index < -0.39 is 76.9 Å². The van der Waals surface area contributed by atoms with Gasteiger partial charge in [0.25, 0.3) is 5.91 Å². The second-order valence-corrected chi connectivity index (χ2v) is 11.4. The van der Waals surface area contributed by atoms with Crippen molar-refractivity contribution < 1.29 is 59.3 Å². The molecule has 4 aromatic rings. The number of fused-ring (bicyclic) bond motifs is 2. The van der Waals surface area contributed by atoms with Gasteiger partial charge in [-0.25, -0.2) is 9.67 Å². The molecule has 0 saturated heterocycles. The van der Waals surface area contributed by atoms with Gasteiger partial charge >= 0.3 is 18.9 Å². The second-order valence-electron chi connectivity index (χ2n) is 11.0. The number of benzene rings is 2. The molecule has 256 valence electrons. The van der Waals surface area contributed by atoms with Gasteiger partial charge in [-0.05, 0) is 37.3 Å². The molecular weight excluding hydrogens is 686 g/mol. The molecule has 0 bridgehead atoms. The van der Waals surface area contributed by atoms with Crippen molar-refractivity contribution in [2.24, 2.45) is 5.73 Å². The lowest BCUT2D eigenvalue weighted by Gasteiger charge is -2.31. The lowest BCUT2D eigenvalue weighted by molar-refractivity contribution is -0.265. The zero-order valence-electron chi connectivity index (χ0n) is 24.4. The number of methoxy groups -OCH3 is 1. The number of primary amides is 1. The highest BCUT2D eigenvalue weighted by molar-refractivity contribution is 6.31. The summed E-state index contributed by atoms with van der Waals surface area (Å²) in [5.41, 5.74) is -4.14. The first-order valence-electron chi connectivity index (χ1n) is 13.5. The molecule has 3 heterocycles. The van der Waals surface area contributed by atoms with Crippen molar-refractivity contribution in [1.82, 2.24) is 20.1 Å². The number of carbonyl (C=O) groups excluding carboxylic acids is 2. The molecule has 19 heteroatoms. The molecule has 0 radical (unpaired) electrons. The van der Waals surface area contributed by atoms with Crippen molar-refractivity contribution in [2.75, 3.05) is 20.3 Å². The summed E-state index contributed by atoms with van der Waals surface area (Å²) >= 11 is 5.85. The number of hydrogen-bond acceptors (Lipinski definition) is 7. The third kappa shape index (κ3) is 5.82. The molecule has 2 aromatic heterocycles. The minimum absolute atomic E-state index is 0.0169. The number of aliphatic hydroxyl groups is 1. The first-order chi connectivity index (χ1) is 22.2. The Morgan fingerprint density at radius 2 is 1.85 bits per heavy atom. The Morgan fingerprint density at radius 3 is 2.42 bits per heavy atom. The summed E-state index contributed by atoms with van der Waals surface area (Å²) < 4.78 is 122. The van der Waals surface area contributed by atoms with Gasteiger partial charge in [0, 0.05) is 28.3 Å². The van der Waals surface area contributed by atoms with Crippen LogP contribution in [0.1, 0.15) is 40.7 Å². The van der Waals surface area contributed by atoms with E-state index in [9.17, 15) is 49.8 Å². The maximum absolute atomic E-state index is 14.7. The molecule has 2 aromatic carbocycles. The van der Waals surface area contributed by atoms with E-state index in [-0.39, 0.29) is 43.8 Å². The minimum atomic E-state index is -5.57. The fraction of sp³-hybridized carbons (Fsp3) is 0.310. The third-order valence-electron chi connectivity index (χ3n) is 7.84. The molecule has 0 aliphatic carbocycles. The number of nitrogens with two attached hydrogens (primary N) is 1. The van der Waals surface area contributed by atoms with Gasteiger partial charge in [0.2, 0.25) is 11.5 Å². The quantitative estimate of drug-likeness (QED) is 0.206. The summed E-state index contributed by atoms with van der Waals surface area (Å²) in [6.07, 6.45) is -9.56. The summed E-state index contributed by atoms with van der Waals surface area (Å²) in [5.74, 6) is -2.70. The average Bonchev–Trinajstić information content (AvgIpc) is 3.60. The van der Waals surface area contributed by atoms with Gasteiger partial charge in [0.05, 0.1) is 29.9 Å². The number of amides is 2. The van der Waals surface area contributed by atoms with Gasteiger partial charge in [-0.1, -0.05) is 17.7 Å². The molecule has 1 unspecified atom stereocenters. The van der Waals surface area contributed by atoms with Gasteiger partial charge in [-0.15, -0.1) is 0 Å². The summed E-state index contributed by atoms with van der Waals surface area (Å²) in [6, 6.07) is 4.99. The molecule has 10 nitrogen and oxygen atoms in total. The molecule has 0 spiro atoms. The van der Waals surface area contributed by atoms with E-state index in [2.05, 4.69) is 10.1 Å². The van der Waals surface area contributed by atoms with Gasteiger partial charge in [0.15, 0.2) is 0 Å². The Labute approximate surface area is 269 Å². The van der Waals surface area contributed by atoms with Crippen molar-refractivity contribution >= 4 is 34.3 Å². The fourth-order valence-electron chi connectivity index (χ4n) is 5.04. The van der Waals surface area contributed by atoms with Crippen LogP contribution < -0.4 is 20.5 Å². The van der Waals surface area contributed by atoms with Crippen molar-refractivity contribution in [3.8, 4) is 22.8 Å². The van der Waals surface area contributed by atoms with Gasteiger partial charge < -0.3 is 25.6 Å². The smallest absolute Gasteiger partial charge is 0.424 e. The van der Waals surface area contributed by atoms with Crippen LogP contribution >= 0.6 is 11.6 Å². The Bertz CT molecular complexity index is 1950. The molecule has 5 rings (SSSR count). The number of nitrogens with zero attached hydrogens (tertiary/aromatic N) is 3. The van der Waals surface area contributed by atoms with E-state index >= 15 is 0 Å². The Hall–Kier alpha value is -4.71. The van der Waals surface area contributed by atoms with Crippen molar-refractivity contribution in [1.29, 1.82) is 0 Å².